The summed E-state index contributed by atoms with van der Waals surface area (Å²) in [5, 5.41) is 4.98. The molecule has 1 aromatic carbocycles. The number of hydrogen-bond donors (Lipinski definition) is 2. The van der Waals surface area contributed by atoms with E-state index in [0.29, 0.717) is 5.69 Å². The van der Waals surface area contributed by atoms with E-state index in [-0.39, 0.29) is 6.54 Å². The summed E-state index contributed by atoms with van der Waals surface area (Å²) in [4.78, 5) is 23.8. The van der Waals surface area contributed by atoms with Gasteiger partial charge in [-0.25, -0.2) is 0 Å². The van der Waals surface area contributed by atoms with E-state index in [4.69, 9.17) is 0 Å². The lowest BCUT2D eigenvalue weighted by atomic mass is 10.3. The molecule has 0 saturated carbocycles. The summed E-state index contributed by atoms with van der Waals surface area (Å²) in [7, 11) is 0. The second-order valence-corrected chi connectivity index (χ2v) is 4.00. The Hall–Kier alpha value is -1.75. The zero-order chi connectivity index (χ0) is 12.7. The lowest BCUT2D eigenvalue weighted by molar-refractivity contribution is -0.136. The van der Waals surface area contributed by atoms with Gasteiger partial charge in [-0.2, -0.15) is 0 Å². The van der Waals surface area contributed by atoms with Crippen molar-refractivity contribution in [3.05, 3.63) is 36.9 Å². The molecule has 0 spiro atoms. The number of benzene rings is 1. The molecule has 0 aliphatic rings. The smallest absolute Gasteiger partial charge is 0.313 e. The lowest BCUT2D eigenvalue weighted by Crippen LogP contribution is -2.35. The summed E-state index contributed by atoms with van der Waals surface area (Å²) in [5.41, 5.74) is 0.638. The molecule has 4 nitrogen and oxygen atoms in total. The van der Waals surface area contributed by atoms with Gasteiger partial charge in [-0.15, -0.1) is 18.3 Å². The van der Waals surface area contributed by atoms with E-state index in [0.717, 1.165) is 4.90 Å². The molecule has 90 valence electrons. The number of rotatable bonds is 4. The maximum atomic E-state index is 11.5. The van der Waals surface area contributed by atoms with Gasteiger partial charge in [0, 0.05) is 11.4 Å². The number of carbonyl (C=O) groups excluding carboxylic acids is 2. The number of anilines is 1. The second-order valence-electron chi connectivity index (χ2n) is 3.15. The SMILES string of the molecule is C=CCNC(=O)C(=O)Nc1ccccc1SC. The molecule has 2 amide bonds. The number of amides is 2. The molecule has 2 N–H and O–H groups in total. The average Bonchev–Trinajstić information content (AvgIpc) is 2.36. The quantitative estimate of drug-likeness (QED) is 0.485. The highest BCUT2D eigenvalue weighted by Gasteiger charge is 2.13. The molecular weight excluding hydrogens is 236 g/mol. The molecule has 0 atom stereocenters. The van der Waals surface area contributed by atoms with Crippen LogP contribution in [-0.2, 0) is 9.59 Å². The molecule has 0 heterocycles. The van der Waals surface area contributed by atoms with Crippen LogP contribution in [0.1, 0.15) is 0 Å². The van der Waals surface area contributed by atoms with Crippen molar-refractivity contribution in [1.82, 2.24) is 5.32 Å². The number of hydrogen-bond acceptors (Lipinski definition) is 3. The van der Waals surface area contributed by atoms with E-state index in [1.807, 2.05) is 18.4 Å². The number of para-hydroxylation sites is 1. The van der Waals surface area contributed by atoms with Gasteiger partial charge in [-0.05, 0) is 18.4 Å². The lowest BCUT2D eigenvalue weighted by Gasteiger charge is -2.08. The molecule has 0 bridgehead atoms. The minimum atomic E-state index is -0.673. The van der Waals surface area contributed by atoms with E-state index in [9.17, 15) is 9.59 Å². The second kappa shape index (κ2) is 6.75. The normalized spacial score (nSPS) is 9.47. The Morgan fingerprint density at radius 3 is 2.71 bits per heavy atom. The van der Waals surface area contributed by atoms with Crippen LogP contribution in [0.4, 0.5) is 5.69 Å². The van der Waals surface area contributed by atoms with Gasteiger partial charge in [0.05, 0.1) is 5.69 Å². The minimum absolute atomic E-state index is 0.274. The first kappa shape index (κ1) is 13.3. The third-order valence-corrected chi connectivity index (χ3v) is 2.76. The van der Waals surface area contributed by atoms with Crippen molar-refractivity contribution < 1.29 is 9.59 Å². The molecule has 0 radical (unpaired) electrons. The van der Waals surface area contributed by atoms with Gasteiger partial charge in [0.25, 0.3) is 0 Å². The Morgan fingerprint density at radius 2 is 2.06 bits per heavy atom. The van der Waals surface area contributed by atoms with Crippen molar-refractivity contribution in [2.45, 2.75) is 4.90 Å². The number of nitrogens with one attached hydrogen (secondary N) is 2. The first-order valence-electron chi connectivity index (χ1n) is 5.02. The van der Waals surface area contributed by atoms with E-state index in [1.54, 1.807) is 12.1 Å². The Balaban J connectivity index is 2.67. The Labute approximate surface area is 104 Å². The summed E-state index contributed by atoms with van der Waals surface area (Å²) >= 11 is 1.50. The summed E-state index contributed by atoms with van der Waals surface area (Å²) in [6.45, 7) is 3.73. The van der Waals surface area contributed by atoms with Gasteiger partial charge in [-0.3, -0.25) is 9.59 Å². The zero-order valence-corrected chi connectivity index (χ0v) is 10.3. The molecule has 1 aromatic rings. The fourth-order valence-electron chi connectivity index (χ4n) is 1.17. The largest absolute Gasteiger partial charge is 0.344 e. The highest BCUT2D eigenvalue weighted by molar-refractivity contribution is 7.98. The fourth-order valence-corrected chi connectivity index (χ4v) is 1.73. The average molecular weight is 250 g/mol. The van der Waals surface area contributed by atoms with Gasteiger partial charge >= 0.3 is 11.8 Å². The van der Waals surface area contributed by atoms with E-state index >= 15 is 0 Å². The zero-order valence-electron chi connectivity index (χ0n) is 9.53. The topological polar surface area (TPSA) is 58.2 Å². The van der Waals surface area contributed by atoms with Crippen LogP contribution < -0.4 is 10.6 Å². The Morgan fingerprint density at radius 1 is 1.35 bits per heavy atom. The maximum absolute atomic E-state index is 11.5. The van der Waals surface area contributed by atoms with Crippen LogP contribution in [0.3, 0.4) is 0 Å². The van der Waals surface area contributed by atoms with Crippen LogP contribution in [0.25, 0.3) is 0 Å². The van der Waals surface area contributed by atoms with Crippen LogP contribution in [0.5, 0.6) is 0 Å². The molecule has 0 aliphatic heterocycles. The van der Waals surface area contributed by atoms with Gasteiger partial charge < -0.3 is 10.6 Å². The van der Waals surface area contributed by atoms with Crippen molar-refractivity contribution in [3.8, 4) is 0 Å². The fraction of sp³-hybridized carbons (Fsp3) is 0.167. The van der Waals surface area contributed by atoms with Crippen molar-refractivity contribution in [3.63, 3.8) is 0 Å². The van der Waals surface area contributed by atoms with Crippen LogP contribution >= 0.6 is 11.8 Å². The summed E-state index contributed by atoms with van der Waals surface area (Å²) in [6.07, 6.45) is 3.42. The molecular formula is C12H14N2O2S. The highest BCUT2D eigenvalue weighted by atomic mass is 32.2. The molecule has 0 aliphatic carbocycles. The third kappa shape index (κ3) is 3.96. The molecule has 5 heteroatoms. The summed E-state index contributed by atoms with van der Waals surface area (Å²) in [5.74, 6) is -1.34. The molecule has 17 heavy (non-hydrogen) atoms. The standard InChI is InChI=1S/C12H14N2O2S/c1-3-8-13-11(15)12(16)14-9-6-4-5-7-10(9)17-2/h3-7H,1,8H2,2H3,(H,13,15)(H,14,16). The Kier molecular flexibility index (Phi) is 5.29. The first-order chi connectivity index (χ1) is 8.19. The van der Waals surface area contributed by atoms with Crippen LogP contribution in [0, 0.1) is 0 Å². The van der Waals surface area contributed by atoms with Gasteiger partial charge in [0.2, 0.25) is 0 Å². The third-order valence-electron chi connectivity index (χ3n) is 1.97. The van der Waals surface area contributed by atoms with Crippen LogP contribution in [0.15, 0.2) is 41.8 Å². The predicted octanol–water partition coefficient (Wildman–Crippen LogP) is 1.65. The molecule has 0 saturated heterocycles. The van der Waals surface area contributed by atoms with Crippen LogP contribution in [0.2, 0.25) is 0 Å². The predicted molar refractivity (Wildman–Crippen MR) is 70.1 cm³/mol. The van der Waals surface area contributed by atoms with Crippen molar-refractivity contribution in [2.24, 2.45) is 0 Å². The van der Waals surface area contributed by atoms with Gasteiger partial charge in [0.15, 0.2) is 0 Å². The minimum Gasteiger partial charge on any atom is -0.344 e. The molecule has 0 aromatic heterocycles. The first-order valence-corrected chi connectivity index (χ1v) is 6.24. The number of thioether (sulfide) groups is 1. The van der Waals surface area contributed by atoms with E-state index in [1.165, 1.54) is 17.8 Å². The molecule has 0 unspecified atom stereocenters. The maximum Gasteiger partial charge on any atom is 0.313 e. The Bertz CT molecular complexity index is 432. The van der Waals surface area contributed by atoms with Crippen LogP contribution in [-0.4, -0.2) is 24.6 Å². The van der Waals surface area contributed by atoms with Gasteiger partial charge in [-0.1, -0.05) is 18.2 Å². The number of carbonyl (C=O) groups is 2. The van der Waals surface area contributed by atoms with Crippen molar-refractivity contribution in [1.29, 1.82) is 0 Å². The van der Waals surface area contributed by atoms with E-state index in [2.05, 4.69) is 17.2 Å². The van der Waals surface area contributed by atoms with Crippen molar-refractivity contribution >= 4 is 29.3 Å². The monoisotopic (exact) mass is 250 g/mol. The van der Waals surface area contributed by atoms with Crippen molar-refractivity contribution in [2.75, 3.05) is 18.1 Å². The molecule has 0 fully saturated rings. The molecule has 1 rings (SSSR count). The summed E-state index contributed by atoms with van der Waals surface area (Å²) in [6, 6.07) is 7.31. The summed E-state index contributed by atoms with van der Waals surface area (Å²) < 4.78 is 0. The van der Waals surface area contributed by atoms with Gasteiger partial charge in [0.1, 0.15) is 0 Å². The van der Waals surface area contributed by atoms with E-state index < -0.39 is 11.8 Å². The highest BCUT2D eigenvalue weighted by Crippen LogP contribution is 2.24.